The van der Waals surface area contributed by atoms with Crippen LogP contribution in [-0.4, -0.2) is 25.1 Å². The second-order valence-corrected chi connectivity index (χ2v) is 6.93. The first kappa shape index (κ1) is 17.5. The van der Waals surface area contributed by atoms with Gasteiger partial charge in [0, 0.05) is 0 Å². The molecule has 6 nitrogen and oxygen atoms in total. The number of phenolic OH excluding ortho intramolecular Hbond substituents is 2. The first-order valence-corrected chi connectivity index (χ1v) is 8.73. The predicted octanol–water partition coefficient (Wildman–Crippen LogP) is 1.96. The Morgan fingerprint density at radius 3 is 2.17 bits per heavy atom. The van der Waals surface area contributed by atoms with E-state index in [1.807, 2.05) is 0 Å². The molecule has 5 N–H and O–H groups in total. The van der Waals surface area contributed by atoms with Gasteiger partial charge in [0.05, 0.1) is 11.4 Å². The van der Waals surface area contributed by atoms with Gasteiger partial charge in [-0.1, -0.05) is 18.2 Å². The molecule has 0 fully saturated rings. The Labute approximate surface area is 133 Å². The highest BCUT2D eigenvalue weighted by Crippen LogP contribution is 2.38. The maximum atomic E-state index is 11.5. The Morgan fingerprint density at radius 1 is 0.957 bits per heavy atom. The lowest BCUT2D eigenvalue weighted by Crippen LogP contribution is -2.15. The van der Waals surface area contributed by atoms with Crippen molar-refractivity contribution in [2.45, 2.75) is 25.4 Å². The SMILES string of the molecule is O=P(O)(O)c1cc(O)ccc1C(O)CCCc1ccc(O)cc1. The summed E-state index contributed by atoms with van der Waals surface area (Å²) in [5.74, 6) is -0.0764. The first-order valence-electron chi connectivity index (χ1n) is 7.12. The molecule has 23 heavy (non-hydrogen) atoms. The second-order valence-electron chi connectivity index (χ2n) is 5.36. The number of aliphatic hydroxyl groups is 1. The van der Waals surface area contributed by atoms with E-state index in [0.29, 0.717) is 19.3 Å². The van der Waals surface area contributed by atoms with Crippen molar-refractivity contribution in [2.24, 2.45) is 0 Å². The lowest BCUT2D eigenvalue weighted by atomic mass is 10.0. The summed E-state index contributed by atoms with van der Waals surface area (Å²) in [6, 6.07) is 10.3. The molecule has 1 unspecified atom stereocenters. The third-order valence-electron chi connectivity index (χ3n) is 3.57. The summed E-state index contributed by atoms with van der Waals surface area (Å²) in [6.07, 6.45) is 0.558. The summed E-state index contributed by atoms with van der Waals surface area (Å²) in [7, 11) is -4.58. The Morgan fingerprint density at radius 2 is 1.57 bits per heavy atom. The van der Waals surface area contributed by atoms with E-state index in [2.05, 4.69) is 0 Å². The van der Waals surface area contributed by atoms with Gasteiger partial charge in [-0.2, -0.15) is 0 Å². The van der Waals surface area contributed by atoms with Gasteiger partial charge >= 0.3 is 7.60 Å². The largest absolute Gasteiger partial charge is 0.508 e. The van der Waals surface area contributed by atoms with Crippen LogP contribution in [0.5, 0.6) is 11.5 Å². The quantitative estimate of drug-likeness (QED) is 0.514. The molecule has 0 radical (unpaired) electrons. The molecule has 2 rings (SSSR count). The third kappa shape index (κ3) is 4.81. The van der Waals surface area contributed by atoms with Crippen LogP contribution in [0.4, 0.5) is 0 Å². The zero-order valence-electron chi connectivity index (χ0n) is 12.3. The molecule has 0 aliphatic rings. The molecule has 0 amide bonds. The van der Waals surface area contributed by atoms with Crippen LogP contribution in [0, 0.1) is 0 Å². The van der Waals surface area contributed by atoms with Crippen molar-refractivity contribution >= 4 is 12.9 Å². The maximum absolute atomic E-state index is 11.5. The van der Waals surface area contributed by atoms with Crippen molar-refractivity contribution in [3.05, 3.63) is 53.6 Å². The van der Waals surface area contributed by atoms with E-state index in [9.17, 15) is 29.7 Å². The van der Waals surface area contributed by atoms with E-state index in [1.165, 1.54) is 12.1 Å². The van der Waals surface area contributed by atoms with Crippen LogP contribution in [-0.2, 0) is 11.0 Å². The van der Waals surface area contributed by atoms with Gasteiger partial charge in [-0.3, -0.25) is 4.57 Å². The molecule has 2 aromatic rings. The van der Waals surface area contributed by atoms with Crippen molar-refractivity contribution in [3.8, 4) is 11.5 Å². The Kier molecular flexibility index (Phi) is 5.44. The van der Waals surface area contributed by atoms with Crippen LogP contribution in [0.2, 0.25) is 0 Å². The number of aromatic hydroxyl groups is 2. The molecule has 7 heteroatoms. The Balaban J connectivity index is 2.04. The smallest absolute Gasteiger partial charge is 0.356 e. The van der Waals surface area contributed by atoms with E-state index < -0.39 is 13.7 Å². The zero-order valence-corrected chi connectivity index (χ0v) is 13.2. The minimum Gasteiger partial charge on any atom is -0.508 e. The fourth-order valence-corrected chi connectivity index (χ4v) is 3.24. The summed E-state index contributed by atoms with van der Waals surface area (Å²) in [6.45, 7) is 0. The molecule has 0 aliphatic carbocycles. The maximum Gasteiger partial charge on any atom is 0.356 e. The van der Waals surface area contributed by atoms with Crippen molar-refractivity contribution in [2.75, 3.05) is 0 Å². The minimum atomic E-state index is -4.58. The monoisotopic (exact) mass is 338 g/mol. The van der Waals surface area contributed by atoms with Crippen molar-refractivity contribution in [3.63, 3.8) is 0 Å². The molecule has 0 aliphatic heterocycles. The molecular weight excluding hydrogens is 319 g/mol. The van der Waals surface area contributed by atoms with Gasteiger partial charge < -0.3 is 25.1 Å². The topological polar surface area (TPSA) is 118 Å². The average Bonchev–Trinajstić information content (AvgIpc) is 2.48. The van der Waals surface area contributed by atoms with Crippen molar-refractivity contribution < 1.29 is 29.7 Å². The molecular formula is C16H19O6P. The fourth-order valence-electron chi connectivity index (χ4n) is 2.38. The molecule has 0 saturated heterocycles. The molecule has 124 valence electrons. The van der Waals surface area contributed by atoms with E-state index >= 15 is 0 Å². The minimum absolute atomic E-state index is 0.127. The number of hydrogen-bond donors (Lipinski definition) is 5. The lowest BCUT2D eigenvalue weighted by molar-refractivity contribution is 0.165. The van der Waals surface area contributed by atoms with Crippen LogP contribution < -0.4 is 5.30 Å². The van der Waals surface area contributed by atoms with E-state index in [4.69, 9.17) is 0 Å². The van der Waals surface area contributed by atoms with Gasteiger partial charge in [0.1, 0.15) is 11.5 Å². The summed E-state index contributed by atoms with van der Waals surface area (Å²) < 4.78 is 11.5. The standard InChI is InChI=1S/C16H19O6P/c17-12-6-4-11(5-7-12)2-1-3-15(19)14-9-8-13(18)10-16(14)23(20,21)22/h4-10,15,17-19H,1-3H2,(H2,20,21,22). The molecule has 0 bridgehead atoms. The van der Waals surface area contributed by atoms with Crippen molar-refractivity contribution in [1.82, 2.24) is 0 Å². The summed E-state index contributed by atoms with van der Waals surface area (Å²) >= 11 is 0. The van der Waals surface area contributed by atoms with Crippen LogP contribution in [0.1, 0.15) is 30.1 Å². The molecule has 0 aromatic heterocycles. The number of benzene rings is 2. The van der Waals surface area contributed by atoms with Gasteiger partial charge in [-0.15, -0.1) is 0 Å². The van der Waals surface area contributed by atoms with E-state index in [1.54, 1.807) is 24.3 Å². The van der Waals surface area contributed by atoms with Gasteiger partial charge in [0.2, 0.25) is 0 Å². The number of rotatable bonds is 6. The molecule has 0 heterocycles. The zero-order chi connectivity index (χ0) is 17.0. The number of hydrogen-bond acceptors (Lipinski definition) is 4. The number of aryl methyl sites for hydroxylation is 1. The number of phenols is 2. The molecule has 2 aromatic carbocycles. The van der Waals surface area contributed by atoms with Crippen molar-refractivity contribution in [1.29, 1.82) is 0 Å². The Hall–Kier alpha value is -1.85. The molecule has 1 atom stereocenters. The Bertz CT molecular complexity index is 707. The highest BCUT2D eigenvalue weighted by molar-refractivity contribution is 7.60. The average molecular weight is 338 g/mol. The normalized spacial score (nSPS) is 13.0. The van der Waals surface area contributed by atoms with Gasteiger partial charge in [0.15, 0.2) is 0 Å². The third-order valence-corrected chi connectivity index (χ3v) is 4.58. The second kappa shape index (κ2) is 7.15. The molecule has 0 spiro atoms. The van der Waals surface area contributed by atoms with Gasteiger partial charge in [-0.25, -0.2) is 0 Å². The van der Waals surface area contributed by atoms with Crippen LogP contribution >= 0.6 is 7.60 Å². The summed E-state index contributed by atoms with van der Waals surface area (Å²) in [5, 5.41) is 28.5. The van der Waals surface area contributed by atoms with Crippen LogP contribution in [0.3, 0.4) is 0 Å². The van der Waals surface area contributed by atoms with Crippen LogP contribution in [0.15, 0.2) is 42.5 Å². The summed E-state index contributed by atoms with van der Waals surface area (Å²) in [5.41, 5.74) is 1.12. The number of aliphatic hydroxyl groups excluding tert-OH is 1. The van der Waals surface area contributed by atoms with E-state index in [-0.39, 0.29) is 22.4 Å². The van der Waals surface area contributed by atoms with Gasteiger partial charge in [0.25, 0.3) is 0 Å². The molecule has 0 saturated carbocycles. The van der Waals surface area contributed by atoms with Crippen LogP contribution in [0.25, 0.3) is 0 Å². The lowest BCUT2D eigenvalue weighted by Gasteiger charge is -2.16. The predicted molar refractivity (Wildman–Crippen MR) is 85.8 cm³/mol. The highest BCUT2D eigenvalue weighted by Gasteiger charge is 2.25. The highest BCUT2D eigenvalue weighted by atomic mass is 31.2. The fraction of sp³-hybridized carbons (Fsp3) is 0.250. The summed E-state index contributed by atoms with van der Waals surface area (Å²) in [4.78, 5) is 18.7. The van der Waals surface area contributed by atoms with E-state index in [0.717, 1.165) is 11.6 Å². The first-order chi connectivity index (χ1) is 10.8. The van der Waals surface area contributed by atoms with Gasteiger partial charge in [-0.05, 0) is 54.7 Å².